The summed E-state index contributed by atoms with van der Waals surface area (Å²) < 4.78 is 0. The average molecular weight is 463 g/mol. The predicted molar refractivity (Wildman–Crippen MR) is 130 cm³/mol. The van der Waals surface area contributed by atoms with Crippen LogP contribution in [0.5, 0.6) is 0 Å². The number of aromatic amines is 1. The van der Waals surface area contributed by atoms with Gasteiger partial charge in [0.15, 0.2) is 0 Å². The molecular formula is C23H34N4O2S2. The Kier molecular flexibility index (Phi) is 7.72. The van der Waals surface area contributed by atoms with Gasteiger partial charge in [0.05, 0.1) is 11.1 Å². The summed E-state index contributed by atoms with van der Waals surface area (Å²) in [5.41, 5.74) is 1.22. The number of nitrogens with one attached hydrogen (secondary N) is 1. The zero-order chi connectivity index (χ0) is 21.8. The molecule has 0 unspecified atom stereocenters. The number of aryl methyl sites for hydroxylation is 2. The van der Waals surface area contributed by atoms with E-state index in [4.69, 9.17) is 0 Å². The van der Waals surface area contributed by atoms with E-state index in [1.54, 1.807) is 23.1 Å². The maximum atomic E-state index is 12.5. The number of likely N-dealkylation sites (N-methyl/N-ethyl adjacent to an activating group) is 2. The number of H-pyrrole nitrogens is 1. The van der Waals surface area contributed by atoms with Crippen molar-refractivity contribution < 1.29 is 4.79 Å². The van der Waals surface area contributed by atoms with Crippen LogP contribution in [0.1, 0.15) is 61.2 Å². The van der Waals surface area contributed by atoms with Gasteiger partial charge in [0.1, 0.15) is 10.7 Å². The first-order valence-corrected chi connectivity index (χ1v) is 13.6. The molecule has 2 aliphatic rings. The van der Waals surface area contributed by atoms with Gasteiger partial charge in [-0.15, -0.1) is 11.3 Å². The maximum Gasteiger partial charge on any atom is 0.259 e. The Morgan fingerprint density at radius 3 is 2.77 bits per heavy atom. The van der Waals surface area contributed by atoms with Gasteiger partial charge in [0, 0.05) is 43.2 Å². The fourth-order valence-electron chi connectivity index (χ4n) is 4.77. The fraction of sp³-hybridized carbons (Fsp3) is 0.696. The van der Waals surface area contributed by atoms with E-state index < -0.39 is 0 Å². The summed E-state index contributed by atoms with van der Waals surface area (Å²) in [5, 5.41) is 0.807. The van der Waals surface area contributed by atoms with Gasteiger partial charge in [-0.05, 0) is 44.7 Å². The SMILES string of the molecule is CN(CCN(C)C1CCCCC1)C(=O)CCSCc1nc2sc3c(c2c(=O)[nH]1)CCC3. The van der Waals surface area contributed by atoms with Crippen LogP contribution in [0, 0.1) is 0 Å². The molecule has 1 fully saturated rings. The maximum absolute atomic E-state index is 12.5. The van der Waals surface area contributed by atoms with Crippen molar-refractivity contribution in [1.82, 2.24) is 19.8 Å². The van der Waals surface area contributed by atoms with Crippen LogP contribution in [0.15, 0.2) is 4.79 Å². The molecule has 2 aliphatic carbocycles. The Morgan fingerprint density at radius 1 is 1.16 bits per heavy atom. The molecule has 1 N–H and O–H groups in total. The largest absolute Gasteiger partial charge is 0.344 e. The molecule has 0 spiro atoms. The smallest absolute Gasteiger partial charge is 0.259 e. The van der Waals surface area contributed by atoms with Crippen LogP contribution in [0.2, 0.25) is 0 Å². The molecule has 1 saturated carbocycles. The molecule has 0 radical (unpaired) electrons. The fourth-order valence-corrected chi connectivity index (χ4v) is 6.85. The van der Waals surface area contributed by atoms with Crippen molar-refractivity contribution in [2.24, 2.45) is 0 Å². The lowest BCUT2D eigenvalue weighted by atomic mass is 9.94. The van der Waals surface area contributed by atoms with Gasteiger partial charge >= 0.3 is 0 Å². The number of thioether (sulfide) groups is 1. The van der Waals surface area contributed by atoms with E-state index in [2.05, 4.69) is 21.9 Å². The number of amides is 1. The van der Waals surface area contributed by atoms with Gasteiger partial charge in [-0.1, -0.05) is 19.3 Å². The molecule has 4 rings (SSSR count). The first kappa shape index (κ1) is 22.8. The summed E-state index contributed by atoms with van der Waals surface area (Å²) >= 11 is 3.34. The van der Waals surface area contributed by atoms with E-state index in [0.717, 1.165) is 54.1 Å². The van der Waals surface area contributed by atoms with Gasteiger partial charge in [-0.3, -0.25) is 9.59 Å². The quantitative estimate of drug-likeness (QED) is 0.574. The zero-order valence-corrected chi connectivity index (χ0v) is 20.4. The third-order valence-corrected chi connectivity index (χ3v) is 8.89. The molecule has 0 aliphatic heterocycles. The first-order chi connectivity index (χ1) is 15.0. The first-order valence-electron chi connectivity index (χ1n) is 11.6. The van der Waals surface area contributed by atoms with Crippen molar-refractivity contribution in [3.8, 4) is 0 Å². The summed E-state index contributed by atoms with van der Waals surface area (Å²) in [6.07, 6.45) is 10.4. The topological polar surface area (TPSA) is 69.3 Å². The molecule has 0 bridgehead atoms. The minimum absolute atomic E-state index is 0.00195. The van der Waals surface area contributed by atoms with E-state index >= 15 is 0 Å². The molecule has 0 saturated heterocycles. The summed E-state index contributed by atoms with van der Waals surface area (Å²) in [6, 6.07) is 0.685. The molecule has 6 nitrogen and oxygen atoms in total. The average Bonchev–Trinajstić information content (AvgIpc) is 3.36. The molecule has 0 aromatic carbocycles. The number of nitrogens with zero attached hydrogens (tertiary/aromatic N) is 3. The number of fused-ring (bicyclic) bond motifs is 3. The highest BCUT2D eigenvalue weighted by molar-refractivity contribution is 7.98. The van der Waals surface area contributed by atoms with Gasteiger partial charge in [0.25, 0.3) is 5.56 Å². The van der Waals surface area contributed by atoms with E-state index in [0.29, 0.717) is 18.2 Å². The molecular weight excluding hydrogens is 428 g/mol. The molecule has 31 heavy (non-hydrogen) atoms. The Bertz CT molecular complexity index is 964. The van der Waals surface area contributed by atoms with Gasteiger partial charge < -0.3 is 14.8 Å². The van der Waals surface area contributed by atoms with Crippen molar-refractivity contribution in [2.75, 3.05) is 32.9 Å². The van der Waals surface area contributed by atoms with Gasteiger partial charge in [-0.25, -0.2) is 4.98 Å². The van der Waals surface area contributed by atoms with E-state index in [1.165, 1.54) is 42.5 Å². The van der Waals surface area contributed by atoms with Crippen molar-refractivity contribution in [3.05, 3.63) is 26.6 Å². The highest BCUT2D eigenvalue weighted by Gasteiger charge is 2.21. The van der Waals surface area contributed by atoms with Crippen LogP contribution in [0.3, 0.4) is 0 Å². The monoisotopic (exact) mass is 462 g/mol. The lowest BCUT2D eigenvalue weighted by Crippen LogP contribution is -2.40. The molecule has 2 aromatic rings. The third-order valence-electron chi connectivity index (χ3n) is 6.74. The minimum Gasteiger partial charge on any atom is -0.344 e. The highest BCUT2D eigenvalue weighted by atomic mass is 32.2. The second-order valence-corrected chi connectivity index (χ2v) is 11.1. The normalized spacial score (nSPS) is 16.9. The number of hydrogen-bond donors (Lipinski definition) is 1. The minimum atomic E-state index is -0.00195. The number of rotatable bonds is 9. The standard InChI is InChI=1S/C23H34N4O2S2/c1-26(16-7-4-3-5-8-16)12-13-27(2)20(28)11-14-30-15-19-24-22(29)21-17-9-6-10-18(17)31-23(21)25-19/h16H,3-15H2,1-2H3,(H,24,25,29). The lowest BCUT2D eigenvalue weighted by Gasteiger charge is -2.32. The molecule has 1 amide bonds. The number of thiophene rings is 1. The van der Waals surface area contributed by atoms with Crippen molar-refractivity contribution in [1.29, 1.82) is 0 Å². The molecule has 2 heterocycles. The van der Waals surface area contributed by atoms with Crippen LogP contribution >= 0.6 is 23.1 Å². The second-order valence-electron chi connectivity index (χ2n) is 8.94. The Labute approximate surface area is 192 Å². The van der Waals surface area contributed by atoms with E-state index in [-0.39, 0.29) is 11.5 Å². The Morgan fingerprint density at radius 2 is 1.97 bits per heavy atom. The van der Waals surface area contributed by atoms with E-state index in [1.807, 2.05) is 11.9 Å². The summed E-state index contributed by atoms with van der Waals surface area (Å²) in [5.74, 6) is 2.29. The predicted octanol–water partition coefficient (Wildman–Crippen LogP) is 3.82. The molecule has 0 atom stereocenters. The van der Waals surface area contributed by atoms with Crippen LogP contribution in [0.25, 0.3) is 10.2 Å². The van der Waals surface area contributed by atoms with Gasteiger partial charge in [0.2, 0.25) is 5.91 Å². The van der Waals surface area contributed by atoms with Crippen molar-refractivity contribution in [2.45, 2.75) is 69.6 Å². The Hall–Kier alpha value is -1.38. The molecule has 8 heteroatoms. The summed E-state index contributed by atoms with van der Waals surface area (Å²) in [7, 11) is 4.10. The molecule has 2 aromatic heterocycles. The van der Waals surface area contributed by atoms with Crippen molar-refractivity contribution >= 4 is 39.2 Å². The van der Waals surface area contributed by atoms with Crippen molar-refractivity contribution in [3.63, 3.8) is 0 Å². The number of carbonyl (C=O) groups is 1. The highest BCUT2D eigenvalue weighted by Crippen LogP contribution is 2.34. The second kappa shape index (κ2) is 10.5. The van der Waals surface area contributed by atoms with Crippen LogP contribution in [0.4, 0.5) is 0 Å². The third kappa shape index (κ3) is 5.52. The van der Waals surface area contributed by atoms with Crippen LogP contribution in [-0.2, 0) is 23.4 Å². The molecule has 170 valence electrons. The summed E-state index contributed by atoms with van der Waals surface area (Å²) in [6.45, 7) is 1.72. The van der Waals surface area contributed by atoms with Crippen LogP contribution < -0.4 is 5.56 Å². The zero-order valence-electron chi connectivity index (χ0n) is 18.7. The van der Waals surface area contributed by atoms with E-state index in [9.17, 15) is 9.59 Å². The van der Waals surface area contributed by atoms with Crippen LogP contribution in [-0.4, -0.2) is 64.7 Å². The lowest BCUT2D eigenvalue weighted by molar-refractivity contribution is -0.129. The number of aromatic nitrogens is 2. The Balaban J connectivity index is 1.19. The van der Waals surface area contributed by atoms with Gasteiger partial charge in [-0.2, -0.15) is 11.8 Å². The summed E-state index contributed by atoms with van der Waals surface area (Å²) in [4.78, 5) is 39.1. The number of hydrogen-bond acceptors (Lipinski definition) is 6. The number of carbonyl (C=O) groups excluding carboxylic acids is 1.